The monoisotopic (exact) mass is 1050 g/mol. The van der Waals surface area contributed by atoms with Gasteiger partial charge in [0.15, 0.2) is 24.8 Å². The summed E-state index contributed by atoms with van der Waals surface area (Å²) in [6, 6.07) is 32.6. The molecule has 0 spiro atoms. The number of fused-ring (bicyclic) bond motifs is 3. The van der Waals surface area contributed by atoms with E-state index in [-0.39, 0.29) is 0 Å². The van der Waals surface area contributed by atoms with Gasteiger partial charge in [0.1, 0.15) is 28.2 Å². The lowest BCUT2D eigenvalue weighted by atomic mass is 9.87. The van der Waals surface area contributed by atoms with Crippen LogP contribution in [-0.2, 0) is 66.7 Å². The number of nitrogens with zero attached hydrogens (tertiary/aromatic N) is 4. The molecule has 1 atom stereocenters. The van der Waals surface area contributed by atoms with Gasteiger partial charge in [-0.15, -0.1) is 0 Å². The van der Waals surface area contributed by atoms with E-state index in [0.717, 1.165) is 27.9 Å². The van der Waals surface area contributed by atoms with Crippen molar-refractivity contribution in [2.45, 2.75) is 173 Å². The molecule has 0 bridgehead atoms. The minimum Gasteiger partial charge on any atom is -0.201 e. The smallest absolute Gasteiger partial charge is 0.201 e. The summed E-state index contributed by atoms with van der Waals surface area (Å²) in [5.41, 5.74) is 30.6. The van der Waals surface area contributed by atoms with Crippen molar-refractivity contribution in [3.8, 4) is 45.0 Å². The van der Waals surface area contributed by atoms with Crippen molar-refractivity contribution >= 4 is 0 Å². The number of rotatable bonds is 5. The van der Waals surface area contributed by atoms with Gasteiger partial charge in [-0.1, -0.05) is 92.8 Å². The fourth-order valence-electron chi connectivity index (χ4n) is 12.1. The third-order valence-electron chi connectivity index (χ3n) is 16.5. The molecule has 8 aromatic rings. The van der Waals surface area contributed by atoms with E-state index >= 15 is 0 Å². The lowest BCUT2D eigenvalue weighted by Crippen LogP contribution is -2.33. The van der Waals surface area contributed by atoms with E-state index in [4.69, 9.17) is 9.60 Å². The van der Waals surface area contributed by atoms with E-state index in [1.807, 2.05) is 33.8 Å². The van der Waals surface area contributed by atoms with Crippen LogP contribution in [0.4, 0.5) is 0 Å². The first kappa shape index (κ1) is 49.8. The van der Waals surface area contributed by atoms with Crippen LogP contribution in [-0.4, -0.2) is 0 Å². The second kappa shape index (κ2) is 26.4. The maximum Gasteiger partial charge on any atom is 0.216 e. The number of hydrogen-bond donors (Lipinski definition) is 0. The molecule has 3 aliphatic rings. The van der Waals surface area contributed by atoms with Crippen LogP contribution in [0.1, 0.15) is 170 Å². The zero-order chi connectivity index (χ0) is 62.5. The first-order valence-corrected chi connectivity index (χ1v) is 28.9. The molecular formula is C74H96N4+4. The average molecular weight is 1050 g/mol. The number of pyridine rings is 4. The molecule has 0 N–H and O–H groups in total. The van der Waals surface area contributed by atoms with Gasteiger partial charge >= 0.3 is 0 Å². The van der Waals surface area contributed by atoms with Crippen LogP contribution >= 0.6 is 0 Å². The molecule has 0 fully saturated rings. The fourth-order valence-corrected chi connectivity index (χ4v) is 12.1. The zero-order valence-electron chi connectivity index (χ0n) is 57.5. The Hall–Kier alpha value is -6.52. The summed E-state index contributed by atoms with van der Waals surface area (Å²) in [6.45, 7) is 19.5. The maximum atomic E-state index is 8.28. The van der Waals surface area contributed by atoms with Gasteiger partial charge in [0.25, 0.3) is 0 Å². The summed E-state index contributed by atoms with van der Waals surface area (Å²) < 4.78 is 63.0. The topological polar surface area (TPSA) is 15.5 Å². The second-order valence-corrected chi connectivity index (χ2v) is 22.5. The molecule has 4 heteroatoms. The summed E-state index contributed by atoms with van der Waals surface area (Å²) in [7, 11) is 8.31. The Morgan fingerprint density at radius 3 is 1.37 bits per heavy atom. The van der Waals surface area contributed by atoms with Gasteiger partial charge in [-0.25, -0.2) is 18.3 Å². The van der Waals surface area contributed by atoms with Gasteiger partial charge in [-0.05, 0) is 220 Å². The Balaban J connectivity index is 0.000000163. The highest BCUT2D eigenvalue weighted by Crippen LogP contribution is 2.33. The standard InChI is InChI=1S/C19H26N.2C18H22N.C17H20N.C2H6/c1-12(2)17-8-9-18(13(3)10-17)19-16(6)15(5)14(4)11-20(19)7;1-13-8-9-17(14(2)10-13)18-11-15-6-4-5-7-16(15)12-19(18)3;1-13-8-9-16(14(2)12-13)18-17-7-5-4-6-15(17)10-11-19(18)3;1-12-7-8-16(13(2)9-12)17-10-14-5-4-6-15(14)11-18(17)3;1-2/h8-12H,1-7H3;2*8-12H,4-7H2,1-3H3;7-11H,4-6H2,1-3H3;1-2H3/q4*+1;/i1D3,4D3,12D;;;;. The minimum atomic E-state index is -2.43. The van der Waals surface area contributed by atoms with Gasteiger partial charge < -0.3 is 0 Å². The van der Waals surface area contributed by atoms with Crippen molar-refractivity contribution in [2.24, 2.45) is 28.2 Å². The highest BCUT2D eigenvalue weighted by Gasteiger charge is 2.25. The SMILES string of the molecule is CC.Cc1ccc(-c2c3c(cc[n+]2C)CCCC3)c(C)c1.Cc1ccc(-c2cc3c(c[n+]2C)CCC3)c(C)c1.Cc1ccc(-c2cc3c(c[n+]2C)CCCC3)c(C)c1.[2H]C([2H])([2H])c1c[n+](C)c(-c2ccc(C([2H])(C)C([2H])([2H])[2H])cc2C)c(C)c1C. The molecule has 0 saturated heterocycles. The molecular weight excluding hydrogens is 945 g/mol. The minimum absolute atomic E-state index is 0.321. The van der Waals surface area contributed by atoms with Gasteiger partial charge in [-0.3, -0.25) is 0 Å². The lowest BCUT2D eigenvalue weighted by molar-refractivity contribution is -0.661. The van der Waals surface area contributed by atoms with E-state index in [1.54, 1.807) is 64.7 Å². The molecule has 4 aromatic carbocycles. The number of aryl methyl sites for hydroxylation is 17. The molecule has 0 saturated carbocycles. The van der Waals surface area contributed by atoms with Gasteiger partial charge in [0.2, 0.25) is 22.8 Å². The van der Waals surface area contributed by atoms with Crippen LogP contribution in [0.25, 0.3) is 45.0 Å². The first-order valence-electron chi connectivity index (χ1n) is 32.4. The van der Waals surface area contributed by atoms with Crippen LogP contribution in [0.15, 0.2) is 116 Å². The van der Waals surface area contributed by atoms with Crippen molar-refractivity contribution in [2.75, 3.05) is 0 Å². The number of benzene rings is 4. The number of hydrogen-bond acceptors (Lipinski definition) is 0. The van der Waals surface area contributed by atoms with Crippen LogP contribution in [0.2, 0.25) is 0 Å². The molecule has 0 aliphatic heterocycles. The lowest BCUT2D eigenvalue weighted by Gasteiger charge is -2.18. The third kappa shape index (κ3) is 13.7. The molecule has 408 valence electrons. The molecule has 11 rings (SSSR count). The summed E-state index contributed by atoms with van der Waals surface area (Å²) in [5.74, 6) is -1.70. The molecule has 0 radical (unpaired) electrons. The summed E-state index contributed by atoms with van der Waals surface area (Å²) in [5, 5.41) is 0. The summed E-state index contributed by atoms with van der Waals surface area (Å²) >= 11 is 0. The van der Waals surface area contributed by atoms with Gasteiger partial charge in [-0.2, -0.15) is 0 Å². The average Bonchev–Trinajstić information content (AvgIpc) is 2.68. The second-order valence-electron chi connectivity index (χ2n) is 22.5. The molecule has 1 unspecified atom stereocenters. The normalized spacial score (nSPS) is 15.5. The Morgan fingerprint density at radius 2 is 0.859 bits per heavy atom. The third-order valence-corrected chi connectivity index (χ3v) is 16.5. The van der Waals surface area contributed by atoms with Crippen molar-refractivity contribution < 1.29 is 27.9 Å². The Bertz CT molecular complexity index is 3710. The van der Waals surface area contributed by atoms with Gasteiger partial charge in [0, 0.05) is 77.9 Å². The Morgan fingerprint density at radius 1 is 0.410 bits per heavy atom. The molecule has 78 heavy (non-hydrogen) atoms. The van der Waals surface area contributed by atoms with E-state index in [1.165, 1.54) is 150 Å². The predicted octanol–water partition coefficient (Wildman–Crippen LogP) is 16.2. The van der Waals surface area contributed by atoms with E-state index in [2.05, 4.69) is 168 Å². The molecule has 3 aliphatic carbocycles. The highest BCUT2D eigenvalue weighted by atomic mass is 14.9. The predicted molar refractivity (Wildman–Crippen MR) is 330 cm³/mol. The maximum absolute atomic E-state index is 8.28. The Kier molecular flexibility index (Phi) is 16.9. The summed E-state index contributed by atoms with van der Waals surface area (Å²) in [4.78, 5) is 0. The molecule has 0 amide bonds. The highest BCUT2D eigenvalue weighted by molar-refractivity contribution is 5.68. The Labute approximate surface area is 482 Å². The summed E-state index contributed by atoms with van der Waals surface area (Å²) in [6.07, 6.45) is 22.6. The van der Waals surface area contributed by atoms with Crippen LogP contribution in [0.5, 0.6) is 0 Å². The zero-order valence-corrected chi connectivity index (χ0v) is 50.5. The first-order chi connectivity index (χ1) is 40.0. The quantitative estimate of drug-likeness (QED) is 0.153. The van der Waals surface area contributed by atoms with E-state index in [9.17, 15) is 0 Å². The fraction of sp³-hybridized carbons (Fsp3) is 0.405. The van der Waals surface area contributed by atoms with E-state index in [0.29, 0.717) is 11.1 Å². The van der Waals surface area contributed by atoms with Crippen molar-refractivity contribution in [3.05, 3.63) is 210 Å². The largest absolute Gasteiger partial charge is 0.216 e. The van der Waals surface area contributed by atoms with Crippen LogP contribution in [0.3, 0.4) is 0 Å². The van der Waals surface area contributed by atoms with Crippen LogP contribution < -0.4 is 18.3 Å². The van der Waals surface area contributed by atoms with Crippen molar-refractivity contribution in [3.63, 3.8) is 0 Å². The van der Waals surface area contributed by atoms with Crippen LogP contribution in [0, 0.1) is 69.2 Å². The van der Waals surface area contributed by atoms with E-state index < -0.39 is 19.6 Å². The van der Waals surface area contributed by atoms with Gasteiger partial charge in [0.05, 0.1) is 0 Å². The van der Waals surface area contributed by atoms with Crippen molar-refractivity contribution in [1.29, 1.82) is 0 Å². The molecule has 4 aromatic heterocycles. The molecule has 4 heterocycles. The van der Waals surface area contributed by atoms with Crippen molar-refractivity contribution in [1.82, 2.24) is 0 Å². The molecule has 4 nitrogen and oxygen atoms in total. The number of aromatic nitrogens is 4.